The molecule has 0 N–H and O–H groups in total. The summed E-state index contributed by atoms with van der Waals surface area (Å²) in [6.07, 6.45) is 3.64. The smallest absolute Gasteiger partial charge is 0.347 e. The fourth-order valence-corrected chi connectivity index (χ4v) is 3.98. The fourth-order valence-electron chi connectivity index (χ4n) is 3.98. The second-order valence-electron chi connectivity index (χ2n) is 6.88. The Hall–Kier alpha value is -1.31. The molecule has 0 saturated carbocycles. The highest BCUT2D eigenvalue weighted by molar-refractivity contribution is 5.85. The molecule has 0 aromatic heterocycles. The average molecular weight is 272 g/mol. The summed E-state index contributed by atoms with van der Waals surface area (Å²) in [6, 6.07) is 9.41. The van der Waals surface area contributed by atoms with Crippen LogP contribution in [0.3, 0.4) is 0 Å². The first-order valence-corrected chi connectivity index (χ1v) is 7.85. The number of likely N-dealkylation sites (N-methyl/N-ethyl adjacent to an activating group) is 1. The molecule has 0 spiro atoms. The van der Waals surface area contributed by atoms with Crippen molar-refractivity contribution in [2.75, 3.05) is 13.7 Å². The normalized spacial score (nSPS) is 29.6. The van der Waals surface area contributed by atoms with E-state index in [4.69, 9.17) is 4.74 Å². The summed E-state index contributed by atoms with van der Waals surface area (Å²) in [7, 11) is 2.20. The zero-order valence-corrected chi connectivity index (χ0v) is 13.1. The Morgan fingerprint density at radius 2 is 2.05 bits per heavy atom. The van der Waals surface area contributed by atoms with E-state index in [2.05, 4.69) is 56.7 Å². The molecule has 2 nitrogen and oxygen atoms in total. The van der Waals surface area contributed by atoms with Crippen molar-refractivity contribution < 1.29 is 9.31 Å². The van der Waals surface area contributed by atoms with Gasteiger partial charge in [0.2, 0.25) is 0 Å². The number of rotatable bonds is 2. The third kappa shape index (κ3) is 1.97. The molecular formula is C18H26NO+. The topological polar surface area (TPSA) is 12.2 Å². The van der Waals surface area contributed by atoms with E-state index < -0.39 is 0 Å². The highest BCUT2D eigenvalue weighted by Crippen LogP contribution is 2.39. The Balaban J connectivity index is 2.06. The highest BCUT2D eigenvalue weighted by atomic mass is 16.5. The lowest BCUT2D eigenvalue weighted by Gasteiger charge is -2.32. The van der Waals surface area contributed by atoms with Crippen LogP contribution in [0.15, 0.2) is 24.3 Å². The molecular weight excluding hydrogens is 246 g/mol. The molecule has 0 unspecified atom stereocenters. The van der Waals surface area contributed by atoms with Gasteiger partial charge in [0, 0.05) is 5.92 Å². The van der Waals surface area contributed by atoms with Gasteiger partial charge < -0.3 is 4.74 Å². The van der Waals surface area contributed by atoms with Crippen molar-refractivity contribution in [2.45, 2.75) is 51.5 Å². The van der Waals surface area contributed by atoms with Crippen LogP contribution in [0.25, 0.3) is 0 Å². The van der Waals surface area contributed by atoms with Gasteiger partial charge >= 0.3 is 5.90 Å². The van der Waals surface area contributed by atoms with Crippen LogP contribution < -0.4 is 0 Å². The van der Waals surface area contributed by atoms with Gasteiger partial charge in [-0.05, 0) is 37.3 Å². The van der Waals surface area contributed by atoms with Gasteiger partial charge in [0.25, 0.3) is 0 Å². The number of ether oxygens (including phenoxy) is 1. The molecule has 0 radical (unpaired) electrons. The van der Waals surface area contributed by atoms with Gasteiger partial charge in [0.15, 0.2) is 12.6 Å². The van der Waals surface area contributed by atoms with Crippen LogP contribution in [-0.2, 0) is 16.6 Å². The quantitative estimate of drug-likeness (QED) is 0.752. The molecule has 0 saturated heterocycles. The van der Waals surface area contributed by atoms with E-state index in [9.17, 15) is 0 Å². The summed E-state index contributed by atoms with van der Waals surface area (Å²) >= 11 is 0. The lowest BCUT2D eigenvalue weighted by molar-refractivity contribution is -0.537. The van der Waals surface area contributed by atoms with Crippen molar-refractivity contribution >= 4 is 5.90 Å². The molecule has 1 heterocycles. The molecule has 108 valence electrons. The lowest BCUT2D eigenvalue weighted by Crippen LogP contribution is -2.40. The molecule has 3 rings (SSSR count). The number of hydrogen-bond acceptors (Lipinski definition) is 1. The van der Waals surface area contributed by atoms with Crippen LogP contribution >= 0.6 is 0 Å². The number of benzene rings is 1. The maximum atomic E-state index is 6.18. The Morgan fingerprint density at radius 3 is 2.75 bits per heavy atom. The highest BCUT2D eigenvalue weighted by Gasteiger charge is 2.48. The minimum atomic E-state index is 0.0488. The Labute approximate surface area is 122 Å². The Kier molecular flexibility index (Phi) is 3.35. The summed E-state index contributed by atoms with van der Waals surface area (Å²) in [4.78, 5) is 0. The van der Waals surface area contributed by atoms with E-state index in [0.717, 1.165) is 6.61 Å². The van der Waals surface area contributed by atoms with Crippen molar-refractivity contribution in [3.63, 3.8) is 0 Å². The van der Waals surface area contributed by atoms with Gasteiger partial charge in [-0.1, -0.05) is 38.1 Å². The SMILES string of the molecule is CC(C)[C@H]1COC([C@@]2(C)CCCc3ccccc32)=[N+]1C. The summed E-state index contributed by atoms with van der Waals surface area (Å²) in [6.45, 7) is 7.76. The zero-order chi connectivity index (χ0) is 14.3. The number of nitrogens with zero attached hydrogens (tertiary/aromatic N) is 1. The molecule has 2 atom stereocenters. The first-order chi connectivity index (χ1) is 9.54. The molecule has 1 aromatic rings. The maximum Gasteiger partial charge on any atom is 0.347 e. The maximum absolute atomic E-state index is 6.18. The standard InChI is InChI=1S/C18H26NO/c1-13(2)16-12-20-17(19(16)4)18(3)11-7-9-14-8-5-6-10-15(14)18/h5-6,8,10,13,16H,7,9,11-12H2,1-4H3/q+1/t16-,18+/m1/s1. The fraction of sp³-hybridized carbons (Fsp3) is 0.611. The second kappa shape index (κ2) is 4.91. The number of aryl methyl sites for hydroxylation is 1. The van der Waals surface area contributed by atoms with E-state index >= 15 is 0 Å². The summed E-state index contributed by atoms with van der Waals surface area (Å²) in [5.41, 5.74) is 3.02. The van der Waals surface area contributed by atoms with E-state index in [-0.39, 0.29) is 5.41 Å². The van der Waals surface area contributed by atoms with Crippen molar-refractivity contribution in [3.8, 4) is 0 Å². The van der Waals surface area contributed by atoms with Gasteiger partial charge in [-0.15, -0.1) is 0 Å². The van der Waals surface area contributed by atoms with Gasteiger partial charge in [-0.2, -0.15) is 4.58 Å². The van der Waals surface area contributed by atoms with E-state index in [1.807, 2.05) is 0 Å². The average Bonchev–Trinajstić information content (AvgIpc) is 2.82. The molecule has 0 fully saturated rings. The first kappa shape index (κ1) is 13.7. The van der Waals surface area contributed by atoms with E-state index in [1.165, 1.54) is 36.3 Å². The van der Waals surface area contributed by atoms with E-state index in [0.29, 0.717) is 12.0 Å². The minimum Gasteiger partial charge on any atom is -0.440 e. The minimum absolute atomic E-state index is 0.0488. The molecule has 2 aliphatic rings. The van der Waals surface area contributed by atoms with Crippen molar-refractivity contribution in [1.82, 2.24) is 0 Å². The third-order valence-electron chi connectivity index (χ3n) is 5.18. The zero-order valence-electron chi connectivity index (χ0n) is 13.1. The molecule has 2 heteroatoms. The second-order valence-corrected chi connectivity index (χ2v) is 6.88. The largest absolute Gasteiger partial charge is 0.440 e. The van der Waals surface area contributed by atoms with Crippen LogP contribution in [0.2, 0.25) is 0 Å². The molecule has 0 amide bonds. The third-order valence-corrected chi connectivity index (χ3v) is 5.18. The monoisotopic (exact) mass is 272 g/mol. The van der Waals surface area contributed by atoms with Crippen LogP contribution in [0.1, 0.15) is 44.7 Å². The number of fused-ring (bicyclic) bond motifs is 1. The first-order valence-electron chi connectivity index (χ1n) is 7.85. The predicted octanol–water partition coefficient (Wildman–Crippen LogP) is 3.38. The molecule has 20 heavy (non-hydrogen) atoms. The predicted molar refractivity (Wildman–Crippen MR) is 82.5 cm³/mol. The van der Waals surface area contributed by atoms with Crippen molar-refractivity contribution in [3.05, 3.63) is 35.4 Å². The van der Waals surface area contributed by atoms with Gasteiger partial charge in [-0.3, -0.25) is 0 Å². The van der Waals surface area contributed by atoms with Gasteiger partial charge in [0.1, 0.15) is 12.5 Å². The molecule has 1 aliphatic heterocycles. The Morgan fingerprint density at radius 1 is 1.30 bits per heavy atom. The molecule has 1 aromatic carbocycles. The summed E-state index contributed by atoms with van der Waals surface area (Å²) in [5.74, 6) is 1.81. The van der Waals surface area contributed by atoms with Gasteiger partial charge in [-0.25, -0.2) is 0 Å². The van der Waals surface area contributed by atoms with Crippen LogP contribution in [0, 0.1) is 5.92 Å². The van der Waals surface area contributed by atoms with Crippen molar-refractivity contribution in [1.29, 1.82) is 0 Å². The van der Waals surface area contributed by atoms with E-state index in [1.54, 1.807) is 0 Å². The van der Waals surface area contributed by atoms with Gasteiger partial charge in [0.05, 0.1) is 0 Å². The van der Waals surface area contributed by atoms with Crippen LogP contribution in [-0.4, -0.2) is 30.2 Å². The van der Waals surface area contributed by atoms with Crippen LogP contribution in [0.4, 0.5) is 0 Å². The molecule has 0 bridgehead atoms. The molecule has 1 aliphatic carbocycles. The van der Waals surface area contributed by atoms with Crippen molar-refractivity contribution in [2.24, 2.45) is 5.92 Å². The number of hydrogen-bond donors (Lipinski definition) is 0. The summed E-state index contributed by atoms with van der Waals surface area (Å²) < 4.78 is 8.58. The summed E-state index contributed by atoms with van der Waals surface area (Å²) in [5, 5.41) is 0. The van der Waals surface area contributed by atoms with Crippen LogP contribution in [0.5, 0.6) is 0 Å². The lowest BCUT2D eigenvalue weighted by atomic mass is 9.71. The Bertz CT molecular complexity index is 546.